The third kappa shape index (κ3) is 5.51. The molecule has 0 bridgehead atoms. The van der Waals surface area contributed by atoms with Gasteiger partial charge < -0.3 is 5.32 Å². The highest BCUT2D eigenvalue weighted by molar-refractivity contribution is 5.95. The number of hydrogen-bond acceptors (Lipinski definition) is 5. The Kier molecular flexibility index (Phi) is 6.03. The van der Waals surface area contributed by atoms with Gasteiger partial charge in [0.25, 0.3) is 5.91 Å². The lowest BCUT2D eigenvalue weighted by Crippen LogP contribution is -2.37. The van der Waals surface area contributed by atoms with Crippen molar-refractivity contribution in [3.05, 3.63) is 90.4 Å². The van der Waals surface area contributed by atoms with Gasteiger partial charge in [-0.15, -0.1) is 0 Å². The lowest BCUT2D eigenvalue weighted by molar-refractivity contribution is -0.146. The van der Waals surface area contributed by atoms with Gasteiger partial charge in [-0.1, -0.05) is 30.3 Å². The van der Waals surface area contributed by atoms with Crippen molar-refractivity contribution in [3.63, 3.8) is 0 Å². The number of carbonyl (C=O) groups is 1. The van der Waals surface area contributed by atoms with E-state index in [1.807, 2.05) is 6.07 Å². The zero-order valence-corrected chi connectivity index (χ0v) is 17.4. The van der Waals surface area contributed by atoms with E-state index >= 15 is 0 Å². The van der Waals surface area contributed by atoms with Crippen LogP contribution in [-0.4, -0.2) is 27.2 Å². The number of anilines is 2. The van der Waals surface area contributed by atoms with E-state index in [0.717, 1.165) is 10.9 Å². The summed E-state index contributed by atoms with van der Waals surface area (Å²) >= 11 is 0. The summed E-state index contributed by atoms with van der Waals surface area (Å²) in [6.07, 6.45) is 0.0497. The van der Waals surface area contributed by atoms with Gasteiger partial charge >= 0.3 is 6.30 Å². The fraction of sp³-hybridized carbons (Fsp3) is 0.0833. The number of fused-ring (bicyclic) bond motifs is 1. The van der Waals surface area contributed by atoms with Crippen LogP contribution in [0, 0.1) is 6.92 Å². The number of nitrogens with one attached hydrogen (secondary N) is 2. The first-order valence-electron chi connectivity index (χ1n) is 9.89. The minimum Gasteiger partial charge on any atom is -0.324 e. The van der Waals surface area contributed by atoms with Crippen LogP contribution in [0.5, 0.6) is 0 Å². The Morgan fingerprint density at radius 2 is 1.64 bits per heavy atom. The molecule has 1 amide bonds. The van der Waals surface area contributed by atoms with Crippen molar-refractivity contribution in [2.45, 2.75) is 13.2 Å². The van der Waals surface area contributed by atoms with E-state index in [9.17, 15) is 18.0 Å². The normalized spacial score (nSPS) is 11.2. The second kappa shape index (κ2) is 9.07. The number of benzene rings is 2. The number of nitrogens with zero attached hydrogens (tertiary/aromatic N) is 3. The third-order valence-electron chi connectivity index (χ3n) is 4.83. The van der Waals surface area contributed by atoms with Crippen molar-refractivity contribution in [2.75, 3.05) is 5.32 Å². The van der Waals surface area contributed by atoms with Gasteiger partial charge in [-0.25, -0.2) is 9.97 Å². The van der Waals surface area contributed by atoms with Crippen LogP contribution < -0.4 is 10.6 Å². The van der Waals surface area contributed by atoms with Gasteiger partial charge in [0, 0.05) is 35.4 Å². The zero-order valence-electron chi connectivity index (χ0n) is 17.4. The number of amides is 1. The fourth-order valence-electron chi connectivity index (χ4n) is 2.98. The zero-order chi connectivity index (χ0) is 23.4. The molecule has 0 fully saturated rings. The molecule has 2 aliphatic rings. The Bertz CT molecular complexity index is 1250. The highest BCUT2D eigenvalue weighted by atomic mass is 19.4. The van der Waals surface area contributed by atoms with Gasteiger partial charge in [0.05, 0.1) is 5.69 Å². The van der Waals surface area contributed by atoms with E-state index in [1.54, 1.807) is 43.7 Å². The number of aryl methyl sites for hydroxylation is 1. The third-order valence-corrected chi connectivity index (χ3v) is 4.83. The van der Waals surface area contributed by atoms with Crippen LogP contribution in [0.1, 0.15) is 15.9 Å². The maximum atomic E-state index is 12.4. The van der Waals surface area contributed by atoms with Gasteiger partial charge in [-0.05, 0) is 53.9 Å². The van der Waals surface area contributed by atoms with Crippen LogP contribution in [0.3, 0.4) is 0 Å². The molecule has 0 atom stereocenters. The predicted octanol–water partition coefficient (Wildman–Crippen LogP) is 5.51. The Morgan fingerprint density at radius 1 is 0.909 bits per heavy atom. The van der Waals surface area contributed by atoms with Crippen LogP contribution in [0.4, 0.5) is 24.8 Å². The molecule has 0 saturated carbocycles. The second-order valence-corrected chi connectivity index (χ2v) is 7.19. The van der Waals surface area contributed by atoms with E-state index in [4.69, 9.17) is 0 Å². The molecule has 0 saturated heterocycles. The van der Waals surface area contributed by atoms with E-state index in [2.05, 4.69) is 44.5 Å². The molecule has 1 aromatic carbocycles. The minimum absolute atomic E-state index is 0.135. The molecule has 166 valence electrons. The first kappa shape index (κ1) is 21.9. The average Bonchev–Trinajstić information content (AvgIpc) is 2.78. The molecule has 0 aliphatic heterocycles. The lowest BCUT2D eigenvalue weighted by atomic mass is 9.95. The van der Waals surface area contributed by atoms with Crippen molar-refractivity contribution in [2.24, 2.45) is 0 Å². The minimum atomic E-state index is -4.79. The quantitative estimate of drug-likeness (QED) is 0.354. The molecule has 2 aliphatic carbocycles. The van der Waals surface area contributed by atoms with Crippen molar-refractivity contribution in [1.29, 1.82) is 0 Å². The van der Waals surface area contributed by atoms with Crippen LogP contribution in [0.2, 0.25) is 0 Å². The number of alkyl halides is 3. The first-order chi connectivity index (χ1) is 15.8. The Labute approximate surface area is 187 Å². The Balaban J connectivity index is 0.000000367. The molecule has 33 heavy (non-hydrogen) atoms. The Hall–Kier alpha value is -4.27. The maximum Gasteiger partial charge on any atom is 0.484 e. The van der Waals surface area contributed by atoms with Crippen molar-refractivity contribution in [3.8, 4) is 22.4 Å². The number of aromatic nitrogens is 3. The summed E-state index contributed by atoms with van der Waals surface area (Å²) in [5.41, 5.74) is 5.28. The van der Waals surface area contributed by atoms with Crippen molar-refractivity contribution < 1.29 is 18.0 Å². The number of carbonyl (C=O) groups excluding carboxylic acids is 1. The van der Waals surface area contributed by atoms with Crippen molar-refractivity contribution >= 4 is 17.5 Å². The summed E-state index contributed by atoms with van der Waals surface area (Å²) in [5, 5.41) is 3.91. The Morgan fingerprint density at radius 3 is 2.21 bits per heavy atom. The largest absolute Gasteiger partial charge is 0.484 e. The molecular weight excluding hydrogens is 431 g/mol. The standard InChI is InChI=1S/C18H14F3N5O.C6H4/c1-11-4-5-12(16(27)26-18(19,20)21)9-15(11)25-17-23-8-6-14(24-17)13-3-2-7-22-10-13;1-2-6-4-3-5(1)6/h2-10H,1H3,(H,26,27)(H,23,24,25);1-4H. The number of halogens is 3. The molecule has 0 unspecified atom stereocenters. The molecule has 0 radical (unpaired) electrons. The fourth-order valence-corrected chi connectivity index (χ4v) is 2.98. The summed E-state index contributed by atoms with van der Waals surface area (Å²) in [4.78, 5) is 24.2. The van der Waals surface area contributed by atoms with Crippen LogP contribution in [-0.2, 0) is 0 Å². The summed E-state index contributed by atoms with van der Waals surface area (Å²) in [6.45, 7) is 1.75. The first-order valence-corrected chi connectivity index (χ1v) is 9.89. The molecule has 5 rings (SSSR count). The van der Waals surface area contributed by atoms with Gasteiger partial charge in [0.1, 0.15) is 0 Å². The number of pyridine rings is 1. The molecule has 6 nitrogen and oxygen atoms in total. The van der Waals surface area contributed by atoms with Crippen LogP contribution >= 0.6 is 0 Å². The predicted molar refractivity (Wildman–Crippen MR) is 119 cm³/mol. The second-order valence-electron chi connectivity index (χ2n) is 7.19. The van der Waals surface area contributed by atoms with Gasteiger partial charge in [-0.3, -0.25) is 15.1 Å². The topological polar surface area (TPSA) is 79.8 Å². The summed E-state index contributed by atoms with van der Waals surface area (Å²) in [7, 11) is 0. The molecule has 9 heteroatoms. The highest BCUT2D eigenvalue weighted by Gasteiger charge is 2.30. The summed E-state index contributed by atoms with van der Waals surface area (Å²) in [6, 6.07) is 18.0. The highest BCUT2D eigenvalue weighted by Crippen LogP contribution is 2.29. The molecule has 2 aromatic heterocycles. The molecule has 2 heterocycles. The van der Waals surface area contributed by atoms with E-state index in [1.165, 1.54) is 23.3 Å². The smallest absolute Gasteiger partial charge is 0.324 e. The van der Waals surface area contributed by atoms with E-state index < -0.39 is 12.2 Å². The number of hydrogen-bond donors (Lipinski definition) is 2. The molecule has 2 N–H and O–H groups in total. The van der Waals surface area contributed by atoms with E-state index in [-0.39, 0.29) is 11.5 Å². The SMILES string of the molecule is Cc1ccc(C(=O)NC(F)(F)F)cc1Nc1nccc(-c2cccnc2)n1.c1cc2ccc1-2. The molecule has 0 spiro atoms. The van der Waals surface area contributed by atoms with Crippen molar-refractivity contribution in [1.82, 2.24) is 20.3 Å². The molecular formula is C24H18F3N5O. The van der Waals surface area contributed by atoms with Crippen LogP contribution in [0.15, 0.2) is 79.3 Å². The van der Waals surface area contributed by atoms with Gasteiger partial charge in [0.2, 0.25) is 5.95 Å². The van der Waals surface area contributed by atoms with Gasteiger partial charge in [0.15, 0.2) is 0 Å². The van der Waals surface area contributed by atoms with Gasteiger partial charge in [-0.2, -0.15) is 13.2 Å². The average molecular weight is 449 g/mol. The van der Waals surface area contributed by atoms with Crippen LogP contribution in [0.25, 0.3) is 22.4 Å². The number of rotatable bonds is 4. The summed E-state index contributed by atoms with van der Waals surface area (Å²) < 4.78 is 37.1. The monoisotopic (exact) mass is 449 g/mol. The van der Waals surface area contributed by atoms with E-state index in [0.29, 0.717) is 16.9 Å². The molecule has 3 aromatic rings. The lowest BCUT2D eigenvalue weighted by Gasteiger charge is -2.12. The summed E-state index contributed by atoms with van der Waals surface area (Å²) in [5.74, 6) is -0.997. The maximum absolute atomic E-state index is 12.4.